The van der Waals surface area contributed by atoms with Crippen molar-refractivity contribution in [3.8, 4) is 5.75 Å². The normalized spacial score (nSPS) is 19.0. The fraction of sp³-hybridized carbons (Fsp3) is 0.333. The second-order valence-electron chi connectivity index (χ2n) is 4.17. The first kappa shape index (κ1) is 12.4. The molecule has 1 heterocycles. The second kappa shape index (κ2) is 4.66. The van der Waals surface area contributed by atoms with Gasteiger partial charge >= 0.3 is 0 Å². The van der Waals surface area contributed by atoms with Gasteiger partial charge in [0.25, 0.3) is 0 Å². The van der Waals surface area contributed by atoms with Gasteiger partial charge in [0, 0.05) is 17.3 Å². The maximum Gasteiger partial charge on any atom is 0.246 e. The van der Waals surface area contributed by atoms with Crippen LogP contribution in [0.25, 0.3) is 0 Å². The fourth-order valence-electron chi connectivity index (χ4n) is 1.87. The van der Waals surface area contributed by atoms with E-state index in [2.05, 4.69) is 10.6 Å². The molecular formula is C12H15N3O3. The Hall–Kier alpha value is -2.08. The van der Waals surface area contributed by atoms with Crippen LogP contribution >= 0.6 is 0 Å². The Balaban J connectivity index is 2.25. The molecule has 0 fully saturated rings. The van der Waals surface area contributed by atoms with Crippen molar-refractivity contribution in [1.82, 2.24) is 5.32 Å². The van der Waals surface area contributed by atoms with Gasteiger partial charge in [-0.1, -0.05) is 6.07 Å². The van der Waals surface area contributed by atoms with Crippen LogP contribution in [0.5, 0.6) is 5.75 Å². The Bertz CT molecular complexity index is 501. The number of anilines is 1. The maximum absolute atomic E-state index is 11.8. The van der Waals surface area contributed by atoms with Crippen LogP contribution in [0.4, 0.5) is 5.69 Å². The summed E-state index contributed by atoms with van der Waals surface area (Å²) in [6.45, 7) is 1.62. The number of primary amides is 1. The monoisotopic (exact) mass is 249 g/mol. The summed E-state index contributed by atoms with van der Waals surface area (Å²) in [5.74, 6) is -0.0336. The molecule has 0 bridgehead atoms. The highest BCUT2D eigenvalue weighted by Crippen LogP contribution is 2.33. The zero-order chi connectivity index (χ0) is 13.3. The smallest absolute Gasteiger partial charge is 0.246 e. The molecule has 0 spiro atoms. The largest absolute Gasteiger partial charge is 0.497 e. The quantitative estimate of drug-likeness (QED) is 0.708. The number of ether oxygens (including phenoxy) is 1. The number of methoxy groups -OCH3 is 1. The average Bonchev–Trinajstić information content (AvgIpc) is 2.64. The Morgan fingerprint density at radius 3 is 2.89 bits per heavy atom. The summed E-state index contributed by atoms with van der Waals surface area (Å²) in [6, 6.07) is 4.16. The number of amides is 2. The number of carbonyl (C=O) groups is 2. The molecule has 96 valence electrons. The lowest BCUT2D eigenvalue weighted by Gasteiger charge is -2.15. The molecular weight excluding hydrogens is 234 g/mol. The molecule has 0 aromatic heterocycles. The van der Waals surface area contributed by atoms with Crippen molar-refractivity contribution < 1.29 is 14.3 Å². The third kappa shape index (κ3) is 2.14. The van der Waals surface area contributed by atoms with Crippen LogP contribution in [0.15, 0.2) is 18.2 Å². The Labute approximate surface area is 104 Å². The predicted octanol–water partition coefficient (Wildman–Crippen LogP) is 0.152. The molecule has 2 atom stereocenters. The number of hydrogen-bond donors (Lipinski definition) is 3. The third-order valence-electron chi connectivity index (χ3n) is 2.93. The number of nitrogens with two attached hydrogens (primary N) is 1. The van der Waals surface area contributed by atoms with Gasteiger partial charge in [0.2, 0.25) is 11.8 Å². The molecule has 18 heavy (non-hydrogen) atoms. The van der Waals surface area contributed by atoms with Crippen LogP contribution in [0.1, 0.15) is 18.5 Å². The summed E-state index contributed by atoms with van der Waals surface area (Å²) in [5, 5.41) is 5.63. The zero-order valence-corrected chi connectivity index (χ0v) is 10.2. The van der Waals surface area contributed by atoms with E-state index in [1.807, 2.05) is 0 Å². The molecule has 1 aliphatic rings. The Kier molecular flexibility index (Phi) is 3.20. The fourth-order valence-corrected chi connectivity index (χ4v) is 1.87. The molecule has 2 amide bonds. The molecule has 0 saturated heterocycles. The summed E-state index contributed by atoms with van der Waals surface area (Å²) >= 11 is 0. The van der Waals surface area contributed by atoms with Gasteiger partial charge < -0.3 is 15.8 Å². The van der Waals surface area contributed by atoms with Gasteiger partial charge in [0.1, 0.15) is 11.8 Å². The Morgan fingerprint density at radius 2 is 2.28 bits per heavy atom. The lowest BCUT2D eigenvalue weighted by molar-refractivity contribution is -0.121. The van der Waals surface area contributed by atoms with Crippen molar-refractivity contribution in [3.63, 3.8) is 0 Å². The van der Waals surface area contributed by atoms with Gasteiger partial charge in [0.15, 0.2) is 0 Å². The number of benzene rings is 1. The van der Waals surface area contributed by atoms with Gasteiger partial charge in [0.05, 0.1) is 13.2 Å². The van der Waals surface area contributed by atoms with E-state index in [1.165, 1.54) is 0 Å². The molecule has 0 aliphatic carbocycles. The van der Waals surface area contributed by atoms with Crippen LogP contribution in [0.2, 0.25) is 0 Å². The molecule has 4 N–H and O–H groups in total. The summed E-state index contributed by atoms with van der Waals surface area (Å²) in [6.07, 6.45) is 0. The minimum absolute atomic E-state index is 0.202. The first-order chi connectivity index (χ1) is 8.52. The van der Waals surface area contributed by atoms with Gasteiger partial charge in [-0.15, -0.1) is 0 Å². The Morgan fingerprint density at radius 1 is 1.56 bits per heavy atom. The van der Waals surface area contributed by atoms with E-state index in [0.717, 1.165) is 5.56 Å². The van der Waals surface area contributed by atoms with E-state index in [-0.39, 0.29) is 5.91 Å². The number of fused-ring (bicyclic) bond motifs is 1. The maximum atomic E-state index is 11.8. The molecule has 2 unspecified atom stereocenters. The summed E-state index contributed by atoms with van der Waals surface area (Å²) in [4.78, 5) is 22.8. The molecule has 6 nitrogen and oxygen atoms in total. The topological polar surface area (TPSA) is 93.4 Å². The van der Waals surface area contributed by atoms with E-state index in [9.17, 15) is 9.59 Å². The van der Waals surface area contributed by atoms with Gasteiger partial charge in [-0.05, 0) is 13.0 Å². The highest BCUT2D eigenvalue weighted by molar-refractivity contribution is 6.03. The van der Waals surface area contributed by atoms with Crippen molar-refractivity contribution in [2.45, 2.75) is 19.0 Å². The number of hydrogen-bond acceptors (Lipinski definition) is 4. The van der Waals surface area contributed by atoms with Crippen molar-refractivity contribution in [1.29, 1.82) is 0 Å². The molecule has 6 heteroatoms. The third-order valence-corrected chi connectivity index (χ3v) is 2.93. The zero-order valence-electron chi connectivity index (χ0n) is 10.2. The molecule has 1 aromatic carbocycles. The standard InChI is InChI=1S/C12H15N3O3/c1-6(11(13)16)14-10-8-4-3-7(18-2)5-9(8)15-12(10)17/h3-6,10,14H,1-2H3,(H2,13,16)(H,15,17). The predicted molar refractivity (Wildman–Crippen MR) is 66.2 cm³/mol. The van der Waals surface area contributed by atoms with Crippen LogP contribution in [0.3, 0.4) is 0 Å². The SMILES string of the molecule is COc1ccc2c(c1)NC(=O)C2NC(C)C(N)=O. The van der Waals surface area contributed by atoms with E-state index in [4.69, 9.17) is 10.5 Å². The number of nitrogens with one attached hydrogen (secondary N) is 2. The van der Waals surface area contributed by atoms with E-state index in [0.29, 0.717) is 11.4 Å². The number of rotatable bonds is 4. The second-order valence-corrected chi connectivity index (χ2v) is 4.17. The minimum atomic E-state index is -0.575. The summed E-state index contributed by atoms with van der Waals surface area (Å²) in [5.41, 5.74) is 6.65. The summed E-state index contributed by atoms with van der Waals surface area (Å²) in [7, 11) is 1.56. The minimum Gasteiger partial charge on any atom is -0.497 e. The van der Waals surface area contributed by atoms with Crippen LogP contribution in [0, 0.1) is 0 Å². The lowest BCUT2D eigenvalue weighted by Crippen LogP contribution is -2.42. The molecule has 2 rings (SSSR count). The first-order valence-electron chi connectivity index (χ1n) is 5.57. The van der Waals surface area contributed by atoms with Crippen LogP contribution in [-0.2, 0) is 9.59 Å². The van der Waals surface area contributed by atoms with Gasteiger partial charge in [-0.3, -0.25) is 14.9 Å². The lowest BCUT2D eigenvalue weighted by atomic mass is 10.1. The highest BCUT2D eigenvalue weighted by atomic mass is 16.5. The molecule has 0 radical (unpaired) electrons. The number of carbonyl (C=O) groups excluding carboxylic acids is 2. The summed E-state index contributed by atoms with van der Waals surface area (Å²) < 4.78 is 5.08. The highest BCUT2D eigenvalue weighted by Gasteiger charge is 2.32. The first-order valence-corrected chi connectivity index (χ1v) is 5.57. The molecule has 0 saturated carbocycles. The molecule has 1 aliphatic heterocycles. The van der Waals surface area contributed by atoms with Gasteiger partial charge in [-0.2, -0.15) is 0 Å². The van der Waals surface area contributed by atoms with Crippen molar-refractivity contribution >= 4 is 17.5 Å². The van der Waals surface area contributed by atoms with Crippen molar-refractivity contribution in [2.24, 2.45) is 5.73 Å². The van der Waals surface area contributed by atoms with Crippen molar-refractivity contribution in [3.05, 3.63) is 23.8 Å². The van der Waals surface area contributed by atoms with E-state index in [1.54, 1.807) is 32.2 Å². The van der Waals surface area contributed by atoms with Crippen molar-refractivity contribution in [2.75, 3.05) is 12.4 Å². The van der Waals surface area contributed by atoms with E-state index < -0.39 is 18.0 Å². The van der Waals surface area contributed by atoms with E-state index >= 15 is 0 Å². The van der Waals surface area contributed by atoms with Crippen LogP contribution < -0.4 is 21.1 Å². The average molecular weight is 249 g/mol. The molecule has 1 aromatic rings. The van der Waals surface area contributed by atoms with Crippen LogP contribution in [-0.4, -0.2) is 25.0 Å². The van der Waals surface area contributed by atoms with Gasteiger partial charge in [-0.25, -0.2) is 0 Å².